The van der Waals surface area contributed by atoms with Gasteiger partial charge in [0.25, 0.3) is 0 Å². The van der Waals surface area contributed by atoms with Gasteiger partial charge in [-0.25, -0.2) is 0 Å². The summed E-state index contributed by atoms with van der Waals surface area (Å²) < 4.78 is 0. The molecule has 0 spiro atoms. The van der Waals surface area contributed by atoms with Gasteiger partial charge in [-0.2, -0.15) is 5.10 Å². The SMILES string of the molecule is Cc1cc(-c2nccnc2C[C@@H]2CCCN(C(C)C)C2)n[nH]1. The predicted octanol–water partition coefficient (Wildman–Crippen LogP) is 2.84. The van der Waals surface area contributed by atoms with Gasteiger partial charge in [0.05, 0.1) is 5.69 Å². The molecule has 1 aliphatic heterocycles. The fraction of sp³-hybridized carbons (Fsp3) is 0.588. The highest BCUT2D eigenvalue weighted by molar-refractivity contribution is 5.56. The van der Waals surface area contributed by atoms with Crippen LogP contribution in [0.5, 0.6) is 0 Å². The molecule has 0 amide bonds. The van der Waals surface area contributed by atoms with Gasteiger partial charge in [0.1, 0.15) is 11.4 Å². The third-order valence-corrected chi connectivity index (χ3v) is 4.49. The molecular weight excluding hydrogens is 274 g/mol. The molecule has 0 radical (unpaired) electrons. The van der Waals surface area contributed by atoms with Gasteiger partial charge in [0.15, 0.2) is 0 Å². The largest absolute Gasteiger partial charge is 0.301 e. The van der Waals surface area contributed by atoms with Crippen molar-refractivity contribution in [2.75, 3.05) is 13.1 Å². The Hall–Kier alpha value is -1.75. The molecule has 0 saturated carbocycles. The molecule has 5 nitrogen and oxygen atoms in total. The van der Waals surface area contributed by atoms with E-state index in [9.17, 15) is 0 Å². The first-order valence-corrected chi connectivity index (χ1v) is 8.20. The van der Waals surface area contributed by atoms with Crippen LogP contribution in [0.25, 0.3) is 11.4 Å². The Bertz CT molecular complexity index is 619. The van der Waals surface area contributed by atoms with E-state index in [2.05, 4.69) is 38.9 Å². The highest BCUT2D eigenvalue weighted by atomic mass is 15.2. The van der Waals surface area contributed by atoms with Crippen LogP contribution in [0.4, 0.5) is 0 Å². The van der Waals surface area contributed by atoms with Gasteiger partial charge in [-0.3, -0.25) is 15.1 Å². The molecule has 2 aromatic rings. The standard InChI is InChI=1S/C17H25N5/c1-12(2)22-8-4-5-14(11-22)10-15-17(19-7-6-18-15)16-9-13(3)20-21-16/h6-7,9,12,14H,4-5,8,10-11H2,1-3H3,(H,20,21)/t14-/m0/s1. The van der Waals surface area contributed by atoms with E-state index in [1.54, 1.807) is 12.4 Å². The molecule has 1 fully saturated rings. The van der Waals surface area contributed by atoms with Crippen LogP contribution in [-0.4, -0.2) is 44.2 Å². The molecule has 1 N–H and O–H groups in total. The molecule has 3 heterocycles. The van der Waals surface area contributed by atoms with Crippen molar-refractivity contribution in [2.45, 2.75) is 46.1 Å². The number of aromatic amines is 1. The Morgan fingerprint density at radius 3 is 2.86 bits per heavy atom. The number of H-pyrrole nitrogens is 1. The second kappa shape index (κ2) is 6.57. The minimum absolute atomic E-state index is 0.623. The Labute approximate surface area is 132 Å². The molecule has 1 atom stereocenters. The van der Waals surface area contributed by atoms with Gasteiger partial charge in [-0.15, -0.1) is 0 Å². The van der Waals surface area contributed by atoms with E-state index in [1.165, 1.54) is 19.4 Å². The quantitative estimate of drug-likeness (QED) is 0.943. The maximum atomic E-state index is 4.59. The van der Waals surface area contributed by atoms with Gasteiger partial charge >= 0.3 is 0 Å². The second-order valence-corrected chi connectivity index (χ2v) is 6.59. The summed E-state index contributed by atoms with van der Waals surface area (Å²) in [7, 11) is 0. The Morgan fingerprint density at radius 1 is 1.32 bits per heavy atom. The summed E-state index contributed by atoms with van der Waals surface area (Å²) >= 11 is 0. The third-order valence-electron chi connectivity index (χ3n) is 4.49. The van der Waals surface area contributed by atoms with E-state index in [0.29, 0.717) is 12.0 Å². The van der Waals surface area contributed by atoms with E-state index in [1.807, 2.05) is 13.0 Å². The smallest absolute Gasteiger partial charge is 0.113 e. The predicted molar refractivity (Wildman–Crippen MR) is 87.5 cm³/mol. The lowest BCUT2D eigenvalue weighted by Gasteiger charge is -2.35. The summed E-state index contributed by atoms with van der Waals surface area (Å²) in [5.41, 5.74) is 3.95. The minimum atomic E-state index is 0.623. The van der Waals surface area contributed by atoms with Crippen molar-refractivity contribution < 1.29 is 0 Å². The number of aryl methyl sites for hydroxylation is 1. The van der Waals surface area contributed by atoms with Crippen molar-refractivity contribution in [3.05, 3.63) is 29.8 Å². The Kier molecular flexibility index (Phi) is 4.52. The first kappa shape index (κ1) is 15.2. The number of nitrogens with one attached hydrogen (secondary N) is 1. The number of nitrogens with zero attached hydrogens (tertiary/aromatic N) is 4. The monoisotopic (exact) mass is 299 g/mol. The Balaban J connectivity index is 1.78. The number of hydrogen-bond acceptors (Lipinski definition) is 4. The van der Waals surface area contributed by atoms with Gasteiger partial charge in [-0.05, 0) is 58.6 Å². The number of aromatic nitrogens is 4. The van der Waals surface area contributed by atoms with Crippen LogP contribution in [0.3, 0.4) is 0 Å². The number of likely N-dealkylation sites (tertiary alicyclic amines) is 1. The topological polar surface area (TPSA) is 57.7 Å². The zero-order valence-corrected chi connectivity index (χ0v) is 13.7. The van der Waals surface area contributed by atoms with Crippen molar-refractivity contribution in [2.24, 2.45) is 5.92 Å². The first-order valence-electron chi connectivity index (χ1n) is 8.20. The lowest BCUT2D eigenvalue weighted by atomic mass is 9.91. The molecule has 0 bridgehead atoms. The van der Waals surface area contributed by atoms with Crippen LogP contribution >= 0.6 is 0 Å². The number of piperidine rings is 1. The molecule has 1 saturated heterocycles. The maximum absolute atomic E-state index is 4.59. The van der Waals surface area contributed by atoms with Gasteiger partial charge in [0, 0.05) is 30.7 Å². The molecule has 22 heavy (non-hydrogen) atoms. The zero-order chi connectivity index (χ0) is 15.5. The summed E-state index contributed by atoms with van der Waals surface area (Å²) in [5.74, 6) is 0.659. The summed E-state index contributed by atoms with van der Waals surface area (Å²) in [4.78, 5) is 11.7. The fourth-order valence-corrected chi connectivity index (χ4v) is 3.28. The molecule has 0 aromatic carbocycles. The first-order chi connectivity index (χ1) is 10.6. The Morgan fingerprint density at radius 2 is 2.14 bits per heavy atom. The number of rotatable bonds is 4. The normalized spacial score (nSPS) is 19.7. The van der Waals surface area contributed by atoms with E-state index in [-0.39, 0.29) is 0 Å². The minimum Gasteiger partial charge on any atom is -0.301 e. The molecule has 0 aliphatic carbocycles. The average Bonchev–Trinajstić information content (AvgIpc) is 2.94. The van der Waals surface area contributed by atoms with Crippen LogP contribution in [0.15, 0.2) is 18.5 Å². The summed E-state index contributed by atoms with van der Waals surface area (Å²) in [6.45, 7) is 8.95. The molecule has 2 aromatic heterocycles. The lowest BCUT2D eigenvalue weighted by molar-refractivity contribution is 0.139. The van der Waals surface area contributed by atoms with E-state index < -0.39 is 0 Å². The summed E-state index contributed by atoms with van der Waals surface area (Å²) in [6.07, 6.45) is 7.09. The van der Waals surface area contributed by atoms with E-state index >= 15 is 0 Å². The van der Waals surface area contributed by atoms with Crippen LogP contribution in [0.1, 0.15) is 38.1 Å². The van der Waals surface area contributed by atoms with Crippen molar-refractivity contribution in [3.63, 3.8) is 0 Å². The second-order valence-electron chi connectivity index (χ2n) is 6.59. The van der Waals surface area contributed by atoms with Crippen LogP contribution in [0.2, 0.25) is 0 Å². The third kappa shape index (κ3) is 3.35. The van der Waals surface area contributed by atoms with Gasteiger partial charge in [-0.1, -0.05) is 0 Å². The van der Waals surface area contributed by atoms with Gasteiger partial charge in [0.2, 0.25) is 0 Å². The highest BCUT2D eigenvalue weighted by Gasteiger charge is 2.23. The molecule has 118 valence electrons. The highest BCUT2D eigenvalue weighted by Crippen LogP contribution is 2.25. The molecular formula is C17H25N5. The van der Waals surface area contributed by atoms with Crippen molar-refractivity contribution >= 4 is 0 Å². The maximum Gasteiger partial charge on any atom is 0.113 e. The van der Waals surface area contributed by atoms with E-state index in [4.69, 9.17) is 0 Å². The summed E-state index contributed by atoms with van der Waals surface area (Å²) in [6, 6.07) is 2.66. The number of hydrogen-bond donors (Lipinski definition) is 1. The van der Waals surface area contributed by atoms with Crippen LogP contribution in [0, 0.1) is 12.8 Å². The lowest BCUT2D eigenvalue weighted by Crippen LogP contribution is -2.40. The van der Waals surface area contributed by atoms with Gasteiger partial charge < -0.3 is 4.90 Å². The molecule has 3 rings (SSSR count). The van der Waals surface area contributed by atoms with Crippen LogP contribution < -0.4 is 0 Å². The molecule has 0 unspecified atom stereocenters. The molecule has 1 aliphatic rings. The van der Waals surface area contributed by atoms with Crippen LogP contribution in [-0.2, 0) is 6.42 Å². The molecule has 5 heteroatoms. The van der Waals surface area contributed by atoms with Crippen molar-refractivity contribution in [1.82, 2.24) is 25.1 Å². The summed E-state index contributed by atoms with van der Waals surface area (Å²) in [5, 5.41) is 7.34. The van der Waals surface area contributed by atoms with E-state index in [0.717, 1.165) is 35.7 Å². The fourth-order valence-electron chi connectivity index (χ4n) is 3.28. The average molecular weight is 299 g/mol. The van der Waals surface area contributed by atoms with Crippen molar-refractivity contribution in [1.29, 1.82) is 0 Å². The van der Waals surface area contributed by atoms with Crippen molar-refractivity contribution in [3.8, 4) is 11.4 Å². The zero-order valence-electron chi connectivity index (χ0n) is 13.7.